The average molecular weight is 446 g/mol. The molecule has 0 aliphatic rings. The standard InChI is InChI=1S/C22H27IN2/c1-22(2,3)16-9-7-15(8-10-16)21-18(6-4-5-13-24)19-14-17(23)11-12-20(19)25-21/h7-12,14,25H,4-6,13,24H2,1-3H3. The van der Waals surface area contributed by atoms with Crippen LogP contribution in [0.15, 0.2) is 42.5 Å². The number of aryl methyl sites for hydroxylation is 1. The Bertz CT molecular complexity index is 854. The summed E-state index contributed by atoms with van der Waals surface area (Å²) in [6, 6.07) is 15.7. The Morgan fingerprint density at radius 2 is 1.72 bits per heavy atom. The van der Waals surface area contributed by atoms with Crippen LogP contribution in [0.1, 0.15) is 44.7 Å². The smallest absolute Gasteiger partial charge is 0.0497 e. The van der Waals surface area contributed by atoms with Crippen molar-refractivity contribution in [2.45, 2.75) is 45.4 Å². The molecule has 0 aliphatic carbocycles. The third-order valence-corrected chi connectivity index (χ3v) is 5.46. The molecule has 3 rings (SSSR count). The number of aromatic amines is 1. The molecular weight excluding hydrogens is 419 g/mol. The molecule has 25 heavy (non-hydrogen) atoms. The molecule has 1 aromatic heterocycles. The van der Waals surface area contributed by atoms with Crippen LogP contribution in [0.3, 0.4) is 0 Å². The van der Waals surface area contributed by atoms with Crippen molar-refractivity contribution in [3.05, 3.63) is 57.2 Å². The largest absolute Gasteiger partial charge is 0.354 e. The number of aromatic nitrogens is 1. The Balaban J connectivity index is 2.06. The van der Waals surface area contributed by atoms with Gasteiger partial charge in [-0.2, -0.15) is 0 Å². The molecule has 0 atom stereocenters. The third-order valence-electron chi connectivity index (χ3n) is 4.79. The van der Waals surface area contributed by atoms with E-state index in [1.807, 2.05) is 0 Å². The molecule has 1 heterocycles. The molecule has 0 saturated heterocycles. The van der Waals surface area contributed by atoms with E-state index in [2.05, 4.69) is 90.8 Å². The Kier molecular flexibility index (Phi) is 5.54. The van der Waals surface area contributed by atoms with Gasteiger partial charge in [0.2, 0.25) is 0 Å². The SMILES string of the molecule is CC(C)(C)c1ccc(-c2[nH]c3ccc(I)cc3c2CCCCN)cc1. The molecule has 0 fully saturated rings. The summed E-state index contributed by atoms with van der Waals surface area (Å²) in [5.41, 5.74) is 12.4. The van der Waals surface area contributed by atoms with Gasteiger partial charge >= 0.3 is 0 Å². The van der Waals surface area contributed by atoms with E-state index in [-0.39, 0.29) is 5.41 Å². The van der Waals surface area contributed by atoms with E-state index in [4.69, 9.17) is 5.73 Å². The van der Waals surface area contributed by atoms with E-state index in [0.717, 1.165) is 25.8 Å². The lowest BCUT2D eigenvalue weighted by molar-refractivity contribution is 0.590. The molecule has 0 saturated carbocycles. The first-order valence-corrected chi connectivity index (χ1v) is 10.1. The number of halogens is 1. The van der Waals surface area contributed by atoms with Crippen molar-refractivity contribution in [2.75, 3.05) is 6.54 Å². The zero-order chi connectivity index (χ0) is 18.0. The Morgan fingerprint density at radius 3 is 2.36 bits per heavy atom. The number of hydrogen-bond acceptors (Lipinski definition) is 1. The Morgan fingerprint density at radius 1 is 1.00 bits per heavy atom. The molecule has 132 valence electrons. The van der Waals surface area contributed by atoms with Crippen molar-refractivity contribution in [1.82, 2.24) is 4.98 Å². The van der Waals surface area contributed by atoms with E-state index >= 15 is 0 Å². The van der Waals surface area contributed by atoms with E-state index in [1.165, 1.54) is 36.9 Å². The topological polar surface area (TPSA) is 41.8 Å². The van der Waals surface area contributed by atoms with Gasteiger partial charge in [-0.3, -0.25) is 0 Å². The third kappa shape index (κ3) is 4.09. The van der Waals surface area contributed by atoms with Crippen LogP contribution in [0, 0.1) is 3.57 Å². The Labute approximate surface area is 164 Å². The molecule has 0 amide bonds. The molecule has 0 aliphatic heterocycles. The summed E-state index contributed by atoms with van der Waals surface area (Å²) in [7, 11) is 0. The maximum absolute atomic E-state index is 5.70. The van der Waals surface area contributed by atoms with Crippen LogP contribution in [-0.2, 0) is 11.8 Å². The zero-order valence-corrected chi connectivity index (χ0v) is 17.5. The fourth-order valence-electron chi connectivity index (χ4n) is 3.31. The average Bonchev–Trinajstić information content (AvgIpc) is 2.92. The number of rotatable bonds is 5. The van der Waals surface area contributed by atoms with Crippen LogP contribution >= 0.6 is 22.6 Å². The van der Waals surface area contributed by atoms with Crippen molar-refractivity contribution < 1.29 is 0 Å². The minimum Gasteiger partial charge on any atom is -0.354 e. The summed E-state index contributed by atoms with van der Waals surface area (Å²) in [5.74, 6) is 0. The van der Waals surface area contributed by atoms with Crippen LogP contribution in [-0.4, -0.2) is 11.5 Å². The van der Waals surface area contributed by atoms with Gasteiger partial charge in [0.05, 0.1) is 0 Å². The summed E-state index contributed by atoms with van der Waals surface area (Å²) in [5, 5.41) is 1.35. The van der Waals surface area contributed by atoms with Gasteiger partial charge in [-0.25, -0.2) is 0 Å². The summed E-state index contributed by atoms with van der Waals surface area (Å²) in [6.07, 6.45) is 3.26. The molecule has 0 radical (unpaired) electrons. The molecule has 0 bridgehead atoms. The minimum absolute atomic E-state index is 0.180. The van der Waals surface area contributed by atoms with Crippen molar-refractivity contribution in [3.8, 4) is 11.3 Å². The fourth-order valence-corrected chi connectivity index (χ4v) is 3.80. The number of hydrogen-bond donors (Lipinski definition) is 2. The molecular formula is C22H27IN2. The van der Waals surface area contributed by atoms with Crippen molar-refractivity contribution in [2.24, 2.45) is 5.73 Å². The quantitative estimate of drug-likeness (QED) is 0.365. The Hall–Kier alpha value is -1.33. The van der Waals surface area contributed by atoms with Gasteiger partial charge in [0.1, 0.15) is 0 Å². The number of nitrogens with one attached hydrogen (secondary N) is 1. The summed E-state index contributed by atoms with van der Waals surface area (Å²) in [6.45, 7) is 7.52. The number of benzene rings is 2. The maximum Gasteiger partial charge on any atom is 0.0497 e. The van der Waals surface area contributed by atoms with Crippen molar-refractivity contribution in [3.63, 3.8) is 0 Å². The van der Waals surface area contributed by atoms with E-state index in [9.17, 15) is 0 Å². The number of fused-ring (bicyclic) bond motifs is 1. The molecule has 0 spiro atoms. The summed E-state index contributed by atoms with van der Waals surface area (Å²) < 4.78 is 1.28. The molecule has 3 N–H and O–H groups in total. The van der Waals surface area contributed by atoms with Gasteiger partial charge in [-0.1, -0.05) is 45.0 Å². The predicted octanol–water partition coefficient (Wildman–Crippen LogP) is 6.02. The van der Waals surface area contributed by atoms with Gasteiger partial charge < -0.3 is 10.7 Å². The molecule has 3 aromatic rings. The number of nitrogens with two attached hydrogens (primary N) is 1. The first kappa shape index (κ1) is 18.5. The first-order valence-electron chi connectivity index (χ1n) is 9.01. The maximum atomic E-state index is 5.70. The normalized spacial score (nSPS) is 12.0. The van der Waals surface area contributed by atoms with Crippen LogP contribution < -0.4 is 5.73 Å². The molecule has 2 nitrogen and oxygen atoms in total. The highest BCUT2D eigenvalue weighted by Crippen LogP contribution is 2.33. The second-order valence-electron chi connectivity index (χ2n) is 7.74. The molecule has 2 aromatic carbocycles. The second kappa shape index (κ2) is 7.50. The van der Waals surface area contributed by atoms with Crippen LogP contribution in [0.2, 0.25) is 0 Å². The summed E-state index contributed by atoms with van der Waals surface area (Å²) in [4.78, 5) is 3.66. The van der Waals surface area contributed by atoms with E-state index < -0.39 is 0 Å². The lowest BCUT2D eigenvalue weighted by Gasteiger charge is -2.19. The molecule has 3 heteroatoms. The monoisotopic (exact) mass is 446 g/mol. The molecule has 0 unspecified atom stereocenters. The van der Waals surface area contributed by atoms with Gasteiger partial charge in [-0.15, -0.1) is 0 Å². The highest BCUT2D eigenvalue weighted by molar-refractivity contribution is 14.1. The van der Waals surface area contributed by atoms with Crippen molar-refractivity contribution >= 4 is 33.5 Å². The lowest BCUT2D eigenvalue weighted by atomic mass is 9.86. The first-order chi connectivity index (χ1) is 11.9. The van der Waals surface area contributed by atoms with Gasteiger partial charge in [-0.05, 0) is 88.7 Å². The van der Waals surface area contributed by atoms with E-state index in [1.54, 1.807) is 0 Å². The van der Waals surface area contributed by atoms with Gasteiger partial charge in [0, 0.05) is 20.2 Å². The highest BCUT2D eigenvalue weighted by Gasteiger charge is 2.16. The highest BCUT2D eigenvalue weighted by atomic mass is 127. The van der Waals surface area contributed by atoms with E-state index in [0.29, 0.717) is 0 Å². The zero-order valence-electron chi connectivity index (χ0n) is 15.3. The second-order valence-corrected chi connectivity index (χ2v) is 8.99. The predicted molar refractivity (Wildman–Crippen MR) is 117 cm³/mol. The van der Waals surface area contributed by atoms with Gasteiger partial charge in [0.15, 0.2) is 0 Å². The number of H-pyrrole nitrogens is 1. The summed E-state index contributed by atoms with van der Waals surface area (Å²) >= 11 is 2.39. The van der Waals surface area contributed by atoms with Crippen LogP contribution in [0.5, 0.6) is 0 Å². The lowest BCUT2D eigenvalue weighted by Crippen LogP contribution is -2.10. The van der Waals surface area contributed by atoms with Crippen LogP contribution in [0.4, 0.5) is 0 Å². The minimum atomic E-state index is 0.180. The number of unbranched alkanes of at least 4 members (excludes halogenated alkanes) is 1. The van der Waals surface area contributed by atoms with Crippen LogP contribution in [0.25, 0.3) is 22.2 Å². The fraction of sp³-hybridized carbons (Fsp3) is 0.364. The van der Waals surface area contributed by atoms with Gasteiger partial charge in [0.25, 0.3) is 0 Å². The van der Waals surface area contributed by atoms with Crippen molar-refractivity contribution in [1.29, 1.82) is 0 Å².